The molecular weight excluding hydrogens is 236 g/mol. The Hall–Kier alpha value is 1.94. The Morgan fingerprint density at radius 3 is 1.33 bits per heavy atom. The second-order valence-corrected chi connectivity index (χ2v) is 10.3. The van der Waals surface area contributed by atoms with Crippen molar-refractivity contribution in [2.45, 2.75) is 13.1 Å². The van der Waals surface area contributed by atoms with Crippen LogP contribution in [-0.4, -0.2) is 25.5 Å². The summed E-state index contributed by atoms with van der Waals surface area (Å²) in [6, 6.07) is 0. The second kappa shape index (κ2) is 15.8. The average molecular weight is 244 g/mol. The molecule has 0 heterocycles. The molecule has 0 amide bonds. The van der Waals surface area contributed by atoms with Gasteiger partial charge in [-0.2, -0.15) is 0 Å². The smallest absolute Gasteiger partial charge is 0.280 e. The van der Waals surface area contributed by atoms with Crippen molar-refractivity contribution in [1.29, 1.82) is 0 Å². The summed E-state index contributed by atoms with van der Waals surface area (Å²) in [5.74, 6) is 0. The van der Waals surface area contributed by atoms with Gasteiger partial charge in [-0.15, -0.1) is 0 Å². The zero-order valence-corrected chi connectivity index (χ0v) is 10.2. The topological polar surface area (TPSA) is 0 Å². The van der Waals surface area contributed by atoms with Crippen LogP contribution in [0, 0.1) is 0 Å². The summed E-state index contributed by atoms with van der Waals surface area (Å²) in [5.41, 5.74) is 0. The van der Waals surface area contributed by atoms with Crippen LogP contribution < -0.4 is 0 Å². The molecule has 0 unspecified atom stereocenters. The molecule has 0 saturated carbocycles. The second-order valence-electron chi connectivity index (χ2n) is 0.808. The van der Waals surface area contributed by atoms with E-state index in [4.69, 9.17) is 0 Å². The van der Waals surface area contributed by atoms with E-state index < -0.39 is 0 Å². The molecule has 36 valence electrons. The van der Waals surface area contributed by atoms with Crippen LogP contribution in [0.5, 0.6) is 0 Å². The Morgan fingerprint density at radius 1 is 1.33 bits per heavy atom. The lowest BCUT2D eigenvalue weighted by molar-refractivity contribution is 2.14. The largest absolute Gasteiger partial charge is 0.560 e. The van der Waals surface area contributed by atoms with Gasteiger partial charge in [-0.25, -0.2) is 0 Å². The number of rotatable bonds is 0. The Labute approximate surface area is 63.7 Å². The van der Waals surface area contributed by atoms with E-state index in [1.165, 1.54) is 0 Å². The molecule has 0 aromatic carbocycles. The lowest BCUT2D eigenvalue weighted by Crippen LogP contribution is -1.53. The molecule has 0 saturated heterocycles. The fraction of sp³-hybridized carbons (Fsp3) is 1.00. The van der Waals surface area contributed by atoms with Crippen LogP contribution in [-0.2, 0) is 0 Å². The van der Waals surface area contributed by atoms with Gasteiger partial charge in [0, 0.05) is 9.52 Å². The molecule has 6 heavy (non-hydrogen) atoms. The summed E-state index contributed by atoms with van der Waals surface area (Å²) in [7, 11) is 0.417. The van der Waals surface area contributed by atoms with Crippen LogP contribution in [0.1, 0.15) is 0 Å². The quantitative estimate of drug-likeness (QED) is 0.567. The molecule has 0 atom stereocenters. The van der Waals surface area contributed by atoms with E-state index in [-0.39, 0.29) is 16.0 Å². The molecule has 0 radical (unpaired) electrons. The van der Waals surface area contributed by atoms with Gasteiger partial charge in [0.15, 0.2) is 0 Å². The maximum atomic E-state index is 3.20. The Balaban J connectivity index is 0. The summed E-state index contributed by atoms with van der Waals surface area (Å²) in [6.45, 7) is 4.53. The van der Waals surface area contributed by atoms with Crippen LogP contribution in [0.15, 0.2) is 0 Å². The highest BCUT2D eigenvalue weighted by atomic mass is 79.9. The minimum absolute atomic E-state index is 0.0417. The van der Waals surface area contributed by atoms with Crippen LogP contribution in [0.4, 0.5) is 0 Å². The van der Waals surface area contributed by atoms with E-state index in [1.54, 1.807) is 0 Å². The standard InChI is InChI=1S/C2H8Si.2BrH.Mg/c1-3-2;;;/h3H2,1-2H3;2*1H;/q;;;+2/p-2. The minimum Gasteiger partial charge on any atom is -0.280 e. The summed E-state index contributed by atoms with van der Waals surface area (Å²) in [4.78, 5) is 0. The van der Waals surface area contributed by atoms with Gasteiger partial charge < -0.3 is 0 Å². The van der Waals surface area contributed by atoms with Crippen LogP contribution in [0.25, 0.3) is 0 Å². The summed E-state index contributed by atoms with van der Waals surface area (Å²) < 4.78 is 0. The predicted octanol–water partition coefficient (Wildman–Crippen LogP) is 1.56. The van der Waals surface area contributed by atoms with Crippen molar-refractivity contribution >= 4 is 51.3 Å². The van der Waals surface area contributed by atoms with Gasteiger partial charge in [0.2, 0.25) is 0 Å². The summed E-state index contributed by atoms with van der Waals surface area (Å²) >= 11 is 6.44. The van der Waals surface area contributed by atoms with Gasteiger partial charge in [0.1, 0.15) is 0 Å². The van der Waals surface area contributed by atoms with Gasteiger partial charge in [0.25, 0.3) is 0 Å². The molecule has 0 aliphatic carbocycles. The lowest BCUT2D eigenvalue weighted by Gasteiger charge is -1.45. The van der Waals surface area contributed by atoms with Crippen LogP contribution in [0.3, 0.4) is 0 Å². The minimum atomic E-state index is 0.0417. The van der Waals surface area contributed by atoms with E-state index in [0.717, 1.165) is 0 Å². The maximum Gasteiger partial charge on any atom is 0.560 e. The Kier molecular flexibility index (Phi) is 28.5. The fourth-order valence-electron chi connectivity index (χ4n) is 0. The molecule has 0 bridgehead atoms. The SMILES string of the molecule is C[SiH2]C.[Br][Mg][Br]. The number of hydrogen-bond donors (Lipinski definition) is 0. The molecule has 0 rings (SSSR count). The van der Waals surface area contributed by atoms with E-state index in [2.05, 4.69) is 38.9 Å². The monoisotopic (exact) mass is 242 g/mol. The first-order chi connectivity index (χ1) is 2.83. The van der Waals surface area contributed by atoms with Gasteiger partial charge in [-0.1, -0.05) is 13.1 Å². The number of hydrogen-bond acceptors (Lipinski definition) is 0. The summed E-state index contributed by atoms with van der Waals surface area (Å²) in [5, 5.41) is 0. The van der Waals surface area contributed by atoms with E-state index >= 15 is 0 Å². The maximum absolute atomic E-state index is 3.20. The third kappa shape index (κ3) is 38.5. The first kappa shape index (κ1) is 10.8. The van der Waals surface area contributed by atoms with Gasteiger partial charge in [0.05, 0.1) is 0 Å². The average Bonchev–Trinajstić information content (AvgIpc) is 1.39. The van der Waals surface area contributed by atoms with Gasteiger partial charge in [-0.3, -0.25) is 25.8 Å². The Bertz CT molecular complexity index is 13.5. The van der Waals surface area contributed by atoms with Crippen LogP contribution in [0.2, 0.25) is 13.1 Å². The van der Waals surface area contributed by atoms with Crippen molar-refractivity contribution in [3.63, 3.8) is 0 Å². The van der Waals surface area contributed by atoms with Crippen LogP contribution >= 0.6 is 25.8 Å². The molecule has 0 N–H and O–H groups in total. The molecule has 0 aromatic rings. The van der Waals surface area contributed by atoms with E-state index in [9.17, 15) is 0 Å². The van der Waals surface area contributed by atoms with Crippen molar-refractivity contribution in [3.05, 3.63) is 0 Å². The highest BCUT2D eigenvalue weighted by molar-refractivity contribution is 9.47. The first-order valence-electron chi connectivity index (χ1n) is 1.95. The van der Waals surface area contributed by atoms with Gasteiger partial charge in [-0.05, 0) is 0 Å². The predicted molar refractivity (Wildman–Crippen MR) is 43.9 cm³/mol. The van der Waals surface area contributed by atoms with Crippen molar-refractivity contribution in [2.75, 3.05) is 0 Å². The Morgan fingerprint density at radius 2 is 1.33 bits per heavy atom. The van der Waals surface area contributed by atoms with Gasteiger partial charge >= 0.3 is 16.0 Å². The molecule has 0 nitrogen and oxygen atoms in total. The van der Waals surface area contributed by atoms with Crippen molar-refractivity contribution < 1.29 is 0 Å². The number of halogens is 2. The molecular formula is C2H8Br2MgSi. The summed E-state index contributed by atoms with van der Waals surface area (Å²) in [6.07, 6.45) is 0. The molecule has 4 heteroatoms. The molecule has 0 aromatic heterocycles. The third-order valence-corrected chi connectivity index (χ3v) is 0. The third-order valence-electron chi connectivity index (χ3n) is 0. The fourth-order valence-corrected chi connectivity index (χ4v) is 0. The molecule has 0 fully saturated rings. The van der Waals surface area contributed by atoms with E-state index in [1.807, 2.05) is 0 Å². The zero-order chi connectivity index (χ0) is 5.41. The van der Waals surface area contributed by atoms with Crippen molar-refractivity contribution in [1.82, 2.24) is 0 Å². The molecule has 0 spiro atoms. The zero-order valence-electron chi connectivity index (χ0n) is 4.17. The van der Waals surface area contributed by atoms with E-state index in [0.29, 0.717) is 9.52 Å². The molecule has 0 aliphatic heterocycles. The van der Waals surface area contributed by atoms with Crippen molar-refractivity contribution in [2.24, 2.45) is 0 Å². The first-order valence-corrected chi connectivity index (χ1v) is 12.6. The highest BCUT2D eigenvalue weighted by Gasteiger charge is 1.62. The van der Waals surface area contributed by atoms with Crippen molar-refractivity contribution in [3.8, 4) is 0 Å². The lowest BCUT2D eigenvalue weighted by atomic mass is 11.9. The normalized spacial score (nSPS) is 4.67. The highest BCUT2D eigenvalue weighted by Crippen LogP contribution is 1.77. The molecule has 0 aliphatic rings.